The van der Waals surface area contributed by atoms with E-state index in [2.05, 4.69) is 5.16 Å². The average molecular weight is 354 g/mol. The van der Waals surface area contributed by atoms with Crippen molar-refractivity contribution < 1.29 is 14.0 Å². The van der Waals surface area contributed by atoms with Gasteiger partial charge < -0.3 is 9.63 Å². The highest BCUT2D eigenvalue weighted by molar-refractivity contribution is 6.33. The Labute approximate surface area is 148 Å². The number of rotatable bonds is 3. The highest BCUT2D eigenvalue weighted by atomic mass is 35.5. The number of aliphatic hydroxyl groups is 1. The predicted octanol–water partition coefficient (Wildman–Crippen LogP) is 5.45. The minimum absolute atomic E-state index is 0.104. The van der Waals surface area contributed by atoms with Crippen LogP contribution in [0.3, 0.4) is 0 Å². The van der Waals surface area contributed by atoms with Gasteiger partial charge in [-0.05, 0) is 29.0 Å². The van der Waals surface area contributed by atoms with E-state index in [0.717, 1.165) is 16.3 Å². The molecule has 1 heterocycles. The van der Waals surface area contributed by atoms with Crippen LogP contribution < -0.4 is 0 Å². The first-order valence-corrected chi connectivity index (χ1v) is 8.10. The third-order valence-corrected chi connectivity index (χ3v) is 4.47. The molecule has 4 aromatic rings. The summed E-state index contributed by atoms with van der Waals surface area (Å²) >= 11 is 6.12. The minimum atomic E-state index is -0.525. The summed E-state index contributed by atoms with van der Waals surface area (Å²) in [5, 5.41) is 16.2. The SMILES string of the molecule is OCc1c(-c2ccc3ccccc3c2)noc1-c1c(F)cccc1Cl. The quantitative estimate of drug-likeness (QED) is 0.533. The molecule has 124 valence electrons. The third-order valence-electron chi connectivity index (χ3n) is 4.16. The molecule has 5 heteroatoms. The molecule has 1 aromatic heterocycles. The van der Waals surface area contributed by atoms with Crippen molar-refractivity contribution in [1.82, 2.24) is 5.16 Å². The molecular formula is C20H13ClFNO2. The molecule has 0 aliphatic heterocycles. The van der Waals surface area contributed by atoms with Gasteiger partial charge in [0, 0.05) is 5.56 Å². The maximum Gasteiger partial charge on any atom is 0.177 e. The molecule has 0 fully saturated rings. The molecule has 0 spiro atoms. The van der Waals surface area contributed by atoms with Gasteiger partial charge in [-0.3, -0.25) is 0 Å². The summed E-state index contributed by atoms with van der Waals surface area (Å²) in [6, 6.07) is 18.1. The molecule has 25 heavy (non-hydrogen) atoms. The zero-order chi connectivity index (χ0) is 17.4. The molecule has 0 aliphatic rings. The van der Waals surface area contributed by atoms with Gasteiger partial charge in [-0.25, -0.2) is 4.39 Å². The largest absolute Gasteiger partial charge is 0.391 e. The number of fused-ring (bicyclic) bond motifs is 1. The Morgan fingerprint density at radius 3 is 2.56 bits per heavy atom. The summed E-state index contributed by atoms with van der Waals surface area (Å²) in [6.07, 6.45) is 0. The fourth-order valence-electron chi connectivity index (χ4n) is 2.93. The number of aromatic nitrogens is 1. The van der Waals surface area contributed by atoms with Gasteiger partial charge in [0.1, 0.15) is 11.5 Å². The number of nitrogens with zero attached hydrogens (tertiary/aromatic N) is 1. The van der Waals surface area contributed by atoms with E-state index in [4.69, 9.17) is 16.1 Å². The fourth-order valence-corrected chi connectivity index (χ4v) is 3.18. The van der Waals surface area contributed by atoms with Crippen LogP contribution in [0.5, 0.6) is 0 Å². The maximum atomic E-state index is 14.2. The van der Waals surface area contributed by atoms with E-state index in [1.165, 1.54) is 12.1 Å². The normalized spacial score (nSPS) is 11.2. The van der Waals surface area contributed by atoms with E-state index in [1.54, 1.807) is 6.07 Å². The van der Waals surface area contributed by atoms with Crippen molar-refractivity contribution in [3.8, 4) is 22.6 Å². The molecule has 0 atom stereocenters. The number of aliphatic hydroxyl groups excluding tert-OH is 1. The topological polar surface area (TPSA) is 46.3 Å². The molecular weight excluding hydrogens is 341 g/mol. The first-order valence-electron chi connectivity index (χ1n) is 7.72. The van der Waals surface area contributed by atoms with Crippen molar-refractivity contribution in [3.63, 3.8) is 0 Å². The maximum absolute atomic E-state index is 14.2. The van der Waals surface area contributed by atoms with E-state index in [0.29, 0.717) is 11.3 Å². The lowest BCUT2D eigenvalue weighted by Gasteiger charge is -2.05. The predicted molar refractivity (Wildman–Crippen MR) is 95.8 cm³/mol. The zero-order valence-electron chi connectivity index (χ0n) is 13.0. The van der Waals surface area contributed by atoms with Gasteiger partial charge in [-0.1, -0.05) is 59.2 Å². The number of benzene rings is 3. The summed E-state index contributed by atoms with van der Waals surface area (Å²) in [7, 11) is 0. The summed E-state index contributed by atoms with van der Waals surface area (Å²) in [5.41, 5.74) is 1.77. The van der Waals surface area contributed by atoms with Crippen LogP contribution in [0.1, 0.15) is 5.56 Å². The highest BCUT2D eigenvalue weighted by Crippen LogP contribution is 2.37. The number of hydrogen-bond acceptors (Lipinski definition) is 3. The van der Waals surface area contributed by atoms with Crippen LogP contribution in [0.25, 0.3) is 33.4 Å². The van der Waals surface area contributed by atoms with E-state index in [-0.39, 0.29) is 23.0 Å². The smallest absolute Gasteiger partial charge is 0.177 e. The number of halogens is 2. The first-order chi connectivity index (χ1) is 12.2. The third kappa shape index (κ3) is 2.69. The second kappa shape index (κ2) is 6.31. The van der Waals surface area contributed by atoms with Crippen molar-refractivity contribution >= 4 is 22.4 Å². The molecule has 0 saturated heterocycles. The summed E-state index contributed by atoms with van der Waals surface area (Å²) in [6.45, 7) is -0.342. The molecule has 1 N–H and O–H groups in total. The molecule has 0 saturated carbocycles. The first kappa shape index (κ1) is 15.8. The van der Waals surface area contributed by atoms with Gasteiger partial charge in [-0.2, -0.15) is 0 Å². The van der Waals surface area contributed by atoms with Gasteiger partial charge in [0.15, 0.2) is 5.76 Å². The summed E-state index contributed by atoms with van der Waals surface area (Å²) < 4.78 is 19.6. The Bertz CT molecular complexity index is 1050. The van der Waals surface area contributed by atoms with Crippen molar-refractivity contribution in [2.75, 3.05) is 0 Å². The molecule has 4 rings (SSSR count). The van der Waals surface area contributed by atoms with Crippen LogP contribution in [0.4, 0.5) is 4.39 Å². The Kier molecular flexibility index (Phi) is 3.99. The Morgan fingerprint density at radius 2 is 1.80 bits per heavy atom. The van der Waals surface area contributed by atoms with Gasteiger partial charge in [0.25, 0.3) is 0 Å². The Balaban J connectivity index is 1.90. The lowest BCUT2D eigenvalue weighted by atomic mass is 10.00. The second-order valence-corrected chi connectivity index (χ2v) is 6.06. The highest BCUT2D eigenvalue weighted by Gasteiger charge is 2.23. The molecule has 3 nitrogen and oxygen atoms in total. The molecule has 0 bridgehead atoms. The van der Waals surface area contributed by atoms with Crippen molar-refractivity contribution in [1.29, 1.82) is 0 Å². The van der Waals surface area contributed by atoms with Crippen molar-refractivity contribution in [2.24, 2.45) is 0 Å². The minimum Gasteiger partial charge on any atom is -0.391 e. The Morgan fingerprint density at radius 1 is 1.00 bits per heavy atom. The summed E-state index contributed by atoms with van der Waals surface area (Å²) in [5.74, 6) is -0.378. The van der Waals surface area contributed by atoms with Crippen LogP contribution in [0.15, 0.2) is 65.2 Å². The average Bonchev–Trinajstić information content (AvgIpc) is 3.05. The zero-order valence-corrected chi connectivity index (χ0v) is 13.8. The molecule has 0 amide bonds. The van der Waals surface area contributed by atoms with Gasteiger partial charge >= 0.3 is 0 Å². The molecule has 0 unspecified atom stereocenters. The van der Waals surface area contributed by atoms with Crippen LogP contribution in [-0.4, -0.2) is 10.3 Å². The summed E-state index contributed by atoms with van der Waals surface area (Å²) in [4.78, 5) is 0. The van der Waals surface area contributed by atoms with Crippen LogP contribution in [0, 0.1) is 5.82 Å². The van der Waals surface area contributed by atoms with Crippen LogP contribution in [0.2, 0.25) is 5.02 Å². The van der Waals surface area contributed by atoms with Crippen LogP contribution in [-0.2, 0) is 6.61 Å². The lowest BCUT2D eigenvalue weighted by Crippen LogP contribution is -1.92. The Hall–Kier alpha value is -2.69. The monoisotopic (exact) mass is 353 g/mol. The van der Waals surface area contributed by atoms with E-state index < -0.39 is 5.82 Å². The van der Waals surface area contributed by atoms with Gasteiger partial charge in [0.2, 0.25) is 0 Å². The van der Waals surface area contributed by atoms with E-state index in [1.807, 2.05) is 42.5 Å². The van der Waals surface area contributed by atoms with Crippen molar-refractivity contribution in [3.05, 3.63) is 77.1 Å². The van der Waals surface area contributed by atoms with Crippen LogP contribution >= 0.6 is 11.6 Å². The number of hydrogen-bond donors (Lipinski definition) is 1. The second-order valence-electron chi connectivity index (χ2n) is 5.66. The molecule has 0 aliphatic carbocycles. The van der Waals surface area contributed by atoms with Gasteiger partial charge in [0.05, 0.1) is 22.8 Å². The van der Waals surface area contributed by atoms with Gasteiger partial charge in [-0.15, -0.1) is 0 Å². The van der Waals surface area contributed by atoms with Crippen molar-refractivity contribution in [2.45, 2.75) is 6.61 Å². The fraction of sp³-hybridized carbons (Fsp3) is 0.0500. The standard InChI is InChI=1S/C20H13ClFNO2/c21-16-6-3-7-17(22)18(16)20-15(11-24)19(23-25-20)14-9-8-12-4-1-2-5-13(12)10-14/h1-10,24H,11H2. The molecule has 0 radical (unpaired) electrons. The van der Waals surface area contributed by atoms with E-state index in [9.17, 15) is 9.50 Å². The molecule has 3 aromatic carbocycles. The van der Waals surface area contributed by atoms with E-state index >= 15 is 0 Å². The lowest BCUT2D eigenvalue weighted by molar-refractivity contribution is 0.281.